The first-order chi connectivity index (χ1) is 8.91. The second kappa shape index (κ2) is 5.41. The Kier molecular flexibility index (Phi) is 4.04. The predicted octanol–water partition coefficient (Wildman–Crippen LogP) is 4.20. The minimum atomic E-state index is 0.550. The van der Waals surface area contributed by atoms with Crippen molar-refractivity contribution < 1.29 is 0 Å². The summed E-state index contributed by atoms with van der Waals surface area (Å²) in [5.74, 6) is 2.30. The summed E-state index contributed by atoms with van der Waals surface area (Å²) < 4.78 is 2.06. The van der Waals surface area contributed by atoms with Crippen LogP contribution in [0.15, 0.2) is 18.2 Å². The van der Waals surface area contributed by atoms with Gasteiger partial charge in [-0.2, -0.15) is 0 Å². The molecule has 104 valence electrons. The van der Waals surface area contributed by atoms with Crippen LogP contribution in [-0.4, -0.2) is 9.55 Å². The number of hydrogen-bond donors (Lipinski definition) is 1. The molecule has 0 amide bonds. The van der Waals surface area contributed by atoms with Crippen molar-refractivity contribution >= 4 is 28.6 Å². The van der Waals surface area contributed by atoms with E-state index in [0.717, 1.165) is 17.6 Å². The van der Waals surface area contributed by atoms with Gasteiger partial charge in [0.15, 0.2) is 0 Å². The van der Waals surface area contributed by atoms with Crippen LogP contribution >= 0.6 is 11.6 Å². The van der Waals surface area contributed by atoms with E-state index in [1.54, 1.807) is 0 Å². The number of nitrogens with zero attached hydrogens (tertiary/aromatic N) is 2. The number of imidazole rings is 1. The molecule has 2 rings (SSSR count). The minimum absolute atomic E-state index is 0.550. The fourth-order valence-corrected chi connectivity index (χ4v) is 3.02. The molecule has 0 saturated carbocycles. The minimum Gasteiger partial charge on any atom is -0.369 e. The van der Waals surface area contributed by atoms with Crippen LogP contribution in [0.1, 0.15) is 27.7 Å². The lowest BCUT2D eigenvalue weighted by Gasteiger charge is -2.26. The van der Waals surface area contributed by atoms with Crippen LogP contribution in [0.5, 0.6) is 0 Å². The molecule has 4 heteroatoms. The molecule has 1 aromatic heterocycles. The molecule has 0 atom stereocenters. The van der Waals surface area contributed by atoms with E-state index in [9.17, 15) is 0 Å². The third kappa shape index (κ3) is 2.71. The number of aromatic nitrogens is 2. The van der Waals surface area contributed by atoms with Gasteiger partial charge in [-0.25, -0.2) is 4.98 Å². The van der Waals surface area contributed by atoms with E-state index in [1.165, 1.54) is 0 Å². The van der Waals surface area contributed by atoms with Crippen LogP contribution < -0.4 is 5.73 Å². The number of nitrogen functional groups attached to an aromatic ring is 1. The number of hydrogen-bond acceptors (Lipinski definition) is 2. The average Bonchev–Trinajstić information content (AvgIpc) is 2.62. The lowest BCUT2D eigenvalue weighted by Crippen LogP contribution is -2.22. The van der Waals surface area contributed by atoms with Gasteiger partial charge in [-0.3, -0.25) is 0 Å². The summed E-state index contributed by atoms with van der Waals surface area (Å²) >= 11 is 6.30. The zero-order valence-electron chi connectivity index (χ0n) is 12.0. The SMILES string of the molecule is CC(C)C(Cn1c(N)nc2cccc(Cl)c21)C(C)C. The van der Waals surface area contributed by atoms with E-state index in [0.29, 0.717) is 28.7 Å². The molecule has 0 radical (unpaired) electrons. The highest BCUT2D eigenvalue weighted by Crippen LogP contribution is 2.30. The quantitative estimate of drug-likeness (QED) is 0.911. The molecule has 0 fully saturated rings. The van der Waals surface area contributed by atoms with E-state index in [-0.39, 0.29) is 0 Å². The van der Waals surface area contributed by atoms with E-state index in [4.69, 9.17) is 17.3 Å². The Hall–Kier alpha value is -1.22. The largest absolute Gasteiger partial charge is 0.369 e. The Morgan fingerprint density at radius 2 is 1.84 bits per heavy atom. The van der Waals surface area contributed by atoms with Gasteiger partial charge in [0.1, 0.15) is 0 Å². The Morgan fingerprint density at radius 1 is 1.21 bits per heavy atom. The maximum atomic E-state index is 6.30. The Balaban J connectivity index is 2.47. The van der Waals surface area contributed by atoms with Crippen molar-refractivity contribution in [3.8, 4) is 0 Å². The highest BCUT2D eigenvalue weighted by atomic mass is 35.5. The third-order valence-corrected chi connectivity index (χ3v) is 4.16. The van der Waals surface area contributed by atoms with Gasteiger partial charge in [0.2, 0.25) is 5.95 Å². The predicted molar refractivity (Wildman–Crippen MR) is 82.3 cm³/mol. The fraction of sp³-hybridized carbons (Fsp3) is 0.533. The molecule has 0 bridgehead atoms. The molecule has 3 nitrogen and oxygen atoms in total. The van der Waals surface area contributed by atoms with Crippen LogP contribution in [-0.2, 0) is 6.54 Å². The lowest BCUT2D eigenvalue weighted by atomic mass is 9.85. The van der Waals surface area contributed by atoms with E-state index in [2.05, 4.69) is 37.2 Å². The van der Waals surface area contributed by atoms with Crippen molar-refractivity contribution in [1.82, 2.24) is 9.55 Å². The molecule has 0 aliphatic heterocycles. The standard InChI is InChI=1S/C15H22ClN3/c1-9(2)11(10(3)4)8-19-14-12(16)6-5-7-13(14)18-15(19)17/h5-7,9-11H,8H2,1-4H3,(H2,17,18). The molecule has 1 aromatic carbocycles. The molecule has 0 spiro atoms. The van der Waals surface area contributed by atoms with E-state index in [1.807, 2.05) is 18.2 Å². The number of fused-ring (bicyclic) bond motifs is 1. The first-order valence-corrected chi connectivity index (χ1v) is 7.19. The number of halogens is 1. The fourth-order valence-electron chi connectivity index (χ4n) is 2.75. The van der Waals surface area contributed by atoms with Gasteiger partial charge < -0.3 is 10.3 Å². The second-order valence-electron chi connectivity index (χ2n) is 5.84. The van der Waals surface area contributed by atoms with Gasteiger partial charge in [-0.15, -0.1) is 0 Å². The summed E-state index contributed by atoms with van der Waals surface area (Å²) in [4.78, 5) is 4.40. The van der Waals surface area contributed by atoms with Crippen molar-refractivity contribution in [1.29, 1.82) is 0 Å². The normalized spacial score (nSPS) is 12.2. The Labute approximate surface area is 119 Å². The highest BCUT2D eigenvalue weighted by molar-refractivity contribution is 6.35. The summed E-state index contributed by atoms with van der Waals surface area (Å²) in [6, 6.07) is 5.75. The first-order valence-electron chi connectivity index (χ1n) is 6.82. The van der Waals surface area contributed by atoms with Crippen molar-refractivity contribution in [2.45, 2.75) is 34.2 Å². The van der Waals surface area contributed by atoms with Crippen molar-refractivity contribution in [3.05, 3.63) is 23.2 Å². The van der Waals surface area contributed by atoms with Crippen LogP contribution in [0.2, 0.25) is 5.02 Å². The smallest absolute Gasteiger partial charge is 0.201 e. The molecular weight excluding hydrogens is 258 g/mol. The molecular formula is C15H22ClN3. The van der Waals surface area contributed by atoms with Crippen LogP contribution in [0.3, 0.4) is 0 Å². The van der Waals surface area contributed by atoms with Gasteiger partial charge in [0, 0.05) is 6.54 Å². The molecule has 0 saturated heterocycles. The lowest BCUT2D eigenvalue weighted by molar-refractivity contribution is 0.255. The summed E-state index contributed by atoms with van der Waals surface area (Å²) in [5.41, 5.74) is 7.89. The number of benzene rings is 1. The zero-order valence-corrected chi connectivity index (χ0v) is 12.8. The topological polar surface area (TPSA) is 43.8 Å². The average molecular weight is 280 g/mol. The van der Waals surface area contributed by atoms with Gasteiger partial charge in [-0.1, -0.05) is 45.4 Å². The van der Waals surface area contributed by atoms with Crippen molar-refractivity contribution in [2.75, 3.05) is 5.73 Å². The third-order valence-electron chi connectivity index (χ3n) is 3.85. The van der Waals surface area contributed by atoms with Crippen LogP contribution in [0, 0.1) is 17.8 Å². The summed E-state index contributed by atoms with van der Waals surface area (Å²) in [6.45, 7) is 9.87. The van der Waals surface area contributed by atoms with Gasteiger partial charge >= 0.3 is 0 Å². The van der Waals surface area contributed by atoms with Crippen molar-refractivity contribution in [3.63, 3.8) is 0 Å². The molecule has 2 aromatic rings. The van der Waals surface area contributed by atoms with Crippen LogP contribution in [0.25, 0.3) is 11.0 Å². The summed E-state index contributed by atoms with van der Waals surface area (Å²) in [5, 5.41) is 0.716. The zero-order chi connectivity index (χ0) is 14.2. The second-order valence-corrected chi connectivity index (χ2v) is 6.25. The highest BCUT2D eigenvalue weighted by Gasteiger charge is 2.21. The molecule has 2 N–H and O–H groups in total. The Bertz CT molecular complexity index is 564. The molecule has 0 aliphatic carbocycles. The molecule has 0 aliphatic rings. The maximum Gasteiger partial charge on any atom is 0.201 e. The first kappa shape index (κ1) is 14.2. The van der Waals surface area contributed by atoms with Crippen molar-refractivity contribution in [2.24, 2.45) is 17.8 Å². The van der Waals surface area contributed by atoms with Gasteiger partial charge in [0.05, 0.1) is 16.1 Å². The number of anilines is 1. The molecule has 19 heavy (non-hydrogen) atoms. The molecule has 1 heterocycles. The van der Waals surface area contributed by atoms with E-state index < -0.39 is 0 Å². The van der Waals surface area contributed by atoms with Gasteiger partial charge in [-0.05, 0) is 29.9 Å². The summed E-state index contributed by atoms with van der Waals surface area (Å²) in [7, 11) is 0. The monoisotopic (exact) mass is 279 g/mol. The summed E-state index contributed by atoms with van der Waals surface area (Å²) in [6.07, 6.45) is 0. The van der Waals surface area contributed by atoms with E-state index >= 15 is 0 Å². The maximum absolute atomic E-state index is 6.30. The molecule has 0 unspecified atom stereocenters. The van der Waals surface area contributed by atoms with Crippen LogP contribution in [0.4, 0.5) is 5.95 Å². The Morgan fingerprint density at radius 3 is 2.42 bits per heavy atom. The number of para-hydroxylation sites is 1. The number of rotatable bonds is 4. The van der Waals surface area contributed by atoms with Gasteiger partial charge in [0.25, 0.3) is 0 Å². The number of nitrogens with two attached hydrogens (primary N) is 1.